The van der Waals surface area contributed by atoms with E-state index >= 15 is 0 Å². The largest absolute Gasteiger partial charge is 0.295 e. The molecule has 0 spiro atoms. The molecule has 0 bridgehead atoms. The van der Waals surface area contributed by atoms with E-state index < -0.39 is 0 Å². The topological polar surface area (TPSA) is 76.9 Å². The van der Waals surface area contributed by atoms with Crippen molar-refractivity contribution in [2.24, 2.45) is 0 Å². The van der Waals surface area contributed by atoms with Crippen molar-refractivity contribution in [1.82, 2.24) is 14.9 Å². The van der Waals surface area contributed by atoms with Crippen molar-refractivity contribution < 1.29 is 9.59 Å². The van der Waals surface area contributed by atoms with E-state index in [-0.39, 0.29) is 11.7 Å². The van der Waals surface area contributed by atoms with E-state index in [0.29, 0.717) is 11.1 Å². The summed E-state index contributed by atoms with van der Waals surface area (Å²) in [6.45, 7) is 1.48. The molecule has 0 unspecified atom stereocenters. The van der Waals surface area contributed by atoms with Crippen LogP contribution in [0.2, 0.25) is 0 Å². The molecule has 0 radical (unpaired) electrons. The molecule has 86 valence electrons. The zero-order valence-electron chi connectivity index (χ0n) is 9.12. The Labute approximate surface area is 97.3 Å². The molecule has 0 saturated heterocycles. The number of rotatable bonds is 3. The average Bonchev–Trinajstić information content (AvgIpc) is 2.82. The van der Waals surface area contributed by atoms with Gasteiger partial charge in [0, 0.05) is 11.1 Å². The van der Waals surface area contributed by atoms with E-state index in [1.165, 1.54) is 24.3 Å². The Bertz CT molecular complexity index is 531. The van der Waals surface area contributed by atoms with Gasteiger partial charge in [0.2, 0.25) is 0 Å². The van der Waals surface area contributed by atoms with Gasteiger partial charge in [-0.15, -0.1) is 10.2 Å². The lowest BCUT2D eigenvalue weighted by Gasteiger charge is -2.04. The van der Waals surface area contributed by atoms with Crippen LogP contribution in [0.3, 0.4) is 0 Å². The minimum Gasteiger partial charge on any atom is -0.295 e. The molecule has 0 saturated carbocycles. The van der Waals surface area contributed by atoms with Crippen LogP contribution in [0.5, 0.6) is 0 Å². The molecule has 1 aromatic heterocycles. The summed E-state index contributed by atoms with van der Waals surface area (Å²) < 4.78 is 1.35. The molecule has 1 N–H and O–H groups in total. The van der Waals surface area contributed by atoms with Crippen LogP contribution in [-0.2, 0) is 0 Å². The zero-order chi connectivity index (χ0) is 12.3. The molecule has 1 aromatic carbocycles. The van der Waals surface area contributed by atoms with Crippen molar-refractivity contribution in [3.63, 3.8) is 0 Å². The lowest BCUT2D eigenvalue weighted by atomic mass is 10.1. The van der Waals surface area contributed by atoms with Crippen molar-refractivity contribution in [3.8, 4) is 0 Å². The molecule has 2 aromatic rings. The second-order valence-corrected chi connectivity index (χ2v) is 3.44. The molecule has 0 aliphatic carbocycles. The first-order valence-electron chi connectivity index (χ1n) is 4.94. The lowest BCUT2D eigenvalue weighted by Crippen LogP contribution is -2.21. The maximum absolute atomic E-state index is 11.7. The van der Waals surface area contributed by atoms with Crippen LogP contribution in [-0.4, -0.2) is 26.6 Å². The van der Waals surface area contributed by atoms with Crippen LogP contribution in [0.1, 0.15) is 27.6 Å². The highest BCUT2D eigenvalue weighted by atomic mass is 16.2. The van der Waals surface area contributed by atoms with Gasteiger partial charge >= 0.3 is 0 Å². The first-order chi connectivity index (χ1) is 8.16. The standard InChI is InChI=1S/C11H10N4O2/c1-8(16)9-2-4-10(5-3-9)11(17)14-15-6-12-13-7-15/h2-7H,1H3,(H,14,17). The summed E-state index contributed by atoms with van der Waals surface area (Å²) in [5.41, 5.74) is 3.59. The Kier molecular flexibility index (Phi) is 2.95. The van der Waals surface area contributed by atoms with Crippen LogP contribution >= 0.6 is 0 Å². The number of Topliss-reactive ketones (excluding diaryl/α,β-unsaturated/α-hetero) is 1. The second kappa shape index (κ2) is 4.56. The predicted octanol–water partition coefficient (Wildman–Crippen LogP) is 0.865. The highest BCUT2D eigenvalue weighted by Crippen LogP contribution is 2.05. The third-order valence-electron chi connectivity index (χ3n) is 2.20. The number of nitrogens with one attached hydrogen (secondary N) is 1. The minimum atomic E-state index is -0.292. The molecular formula is C11H10N4O2. The van der Waals surface area contributed by atoms with Crippen molar-refractivity contribution in [2.75, 3.05) is 5.43 Å². The fraction of sp³-hybridized carbons (Fsp3) is 0.0909. The van der Waals surface area contributed by atoms with Gasteiger partial charge in [-0.2, -0.15) is 0 Å². The van der Waals surface area contributed by atoms with Crippen molar-refractivity contribution in [3.05, 3.63) is 48.0 Å². The molecule has 1 amide bonds. The van der Waals surface area contributed by atoms with Gasteiger partial charge in [-0.05, 0) is 19.1 Å². The van der Waals surface area contributed by atoms with E-state index in [4.69, 9.17) is 0 Å². The quantitative estimate of drug-likeness (QED) is 0.793. The Balaban J connectivity index is 2.12. The van der Waals surface area contributed by atoms with Crippen LogP contribution in [0.15, 0.2) is 36.9 Å². The third kappa shape index (κ3) is 2.54. The van der Waals surface area contributed by atoms with Crippen molar-refractivity contribution >= 4 is 11.7 Å². The molecule has 0 fully saturated rings. The highest BCUT2D eigenvalue weighted by Gasteiger charge is 2.06. The van der Waals surface area contributed by atoms with E-state index in [9.17, 15) is 9.59 Å². The zero-order valence-corrected chi connectivity index (χ0v) is 9.12. The number of amides is 1. The van der Waals surface area contributed by atoms with Gasteiger partial charge in [-0.25, -0.2) is 4.68 Å². The van der Waals surface area contributed by atoms with Crippen LogP contribution in [0.25, 0.3) is 0 Å². The SMILES string of the molecule is CC(=O)c1ccc(C(=O)Nn2cnnc2)cc1. The monoisotopic (exact) mass is 230 g/mol. The molecule has 2 rings (SSSR count). The van der Waals surface area contributed by atoms with Gasteiger partial charge in [0.15, 0.2) is 5.78 Å². The Hall–Kier alpha value is -2.50. The Morgan fingerprint density at radius 1 is 1.06 bits per heavy atom. The summed E-state index contributed by atoms with van der Waals surface area (Å²) in [6.07, 6.45) is 2.75. The summed E-state index contributed by atoms with van der Waals surface area (Å²) in [5.74, 6) is -0.323. The maximum Gasteiger partial charge on any atom is 0.270 e. The summed E-state index contributed by atoms with van der Waals surface area (Å²) in [6, 6.07) is 6.42. The summed E-state index contributed by atoms with van der Waals surface area (Å²) >= 11 is 0. The van der Waals surface area contributed by atoms with E-state index in [2.05, 4.69) is 15.6 Å². The third-order valence-corrected chi connectivity index (χ3v) is 2.20. The minimum absolute atomic E-state index is 0.0317. The maximum atomic E-state index is 11.7. The van der Waals surface area contributed by atoms with Crippen LogP contribution in [0.4, 0.5) is 0 Å². The summed E-state index contributed by atoms with van der Waals surface area (Å²) in [7, 11) is 0. The second-order valence-electron chi connectivity index (χ2n) is 3.44. The molecule has 6 nitrogen and oxygen atoms in total. The Morgan fingerprint density at radius 3 is 2.12 bits per heavy atom. The number of benzene rings is 1. The molecule has 0 atom stereocenters. The predicted molar refractivity (Wildman–Crippen MR) is 60.2 cm³/mol. The van der Waals surface area contributed by atoms with E-state index in [1.807, 2.05) is 0 Å². The normalized spacial score (nSPS) is 9.94. The van der Waals surface area contributed by atoms with E-state index in [1.54, 1.807) is 24.3 Å². The molecular weight excluding hydrogens is 220 g/mol. The lowest BCUT2D eigenvalue weighted by molar-refractivity contribution is 0.0998. The molecule has 0 aliphatic heterocycles. The molecule has 0 aliphatic rings. The number of ketones is 1. The van der Waals surface area contributed by atoms with Crippen LogP contribution < -0.4 is 5.43 Å². The number of nitrogens with zero attached hydrogens (tertiary/aromatic N) is 3. The number of carbonyl (C=O) groups is 2. The number of hydrogen-bond donors (Lipinski definition) is 1. The molecule has 1 heterocycles. The molecule has 17 heavy (non-hydrogen) atoms. The fourth-order valence-electron chi connectivity index (χ4n) is 1.30. The van der Waals surface area contributed by atoms with Gasteiger partial charge in [-0.3, -0.25) is 15.0 Å². The average molecular weight is 230 g/mol. The van der Waals surface area contributed by atoms with Gasteiger partial charge in [0.25, 0.3) is 5.91 Å². The summed E-state index contributed by atoms with van der Waals surface area (Å²) in [4.78, 5) is 22.8. The van der Waals surface area contributed by atoms with Crippen LogP contribution in [0, 0.1) is 0 Å². The van der Waals surface area contributed by atoms with Crippen molar-refractivity contribution in [1.29, 1.82) is 0 Å². The van der Waals surface area contributed by atoms with Gasteiger partial charge in [0.1, 0.15) is 12.7 Å². The number of hydrogen-bond acceptors (Lipinski definition) is 4. The number of aromatic nitrogens is 3. The fourth-order valence-corrected chi connectivity index (χ4v) is 1.30. The van der Waals surface area contributed by atoms with E-state index in [0.717, 1.165) is 0 Å². The first-order valence-corrected chi connectivity index (χ1v) is 4.94. The van der Waals surface area contributed by atoms with Gasteiger partial charge in [-0.1, -0.05) is 12.1 Å². The Morgan fingerprint density at radius 2 is 1.59 bits per heavy atom. The number of carbonyl (C=O) groups excluding carboxylic acids is 2. The highest BCUT2D eigenvalue weighted by molar-refractivity contribution is 6.01. The first kappa shape index (κ1) is 11.0. The van der Waals surface area contributed by atoms with Gasteiger partial charge in [0.05, 0.1) is 0 Å². The summed E-state index contributed by atoms with van der Waals surface area (Å²) in [5, 5.41) is 7.12. The van der Waals surface area contributed by atoms with Gasteiger partial charge < -0.3 is 0 Å². The van der Waals surface area contributed by atoms with Crippen molar-refractivity contribution in [2.45, 2.75) is 6.92 Å². The smallest absolute Gasteiger partial charge is 0.270 e. The molecule has 6 heteroatoms.